The van der Waals surface area contributed by atoms with Gasteiger partial charge < -0.3 is 14.9 Å². The molecule has 0 aromatic heterocycles. The van der Waals surface area contributed by atoms with Crippen LogP contribution in [-0.2, 0) is 22.7 Å². The van der Waals surface area contributed by atoms with E-state index in [2.05, 4.69) is 0 Å². The van der Waals surface area contributed by atoms with Gasteiger partial charge in [0.1, 0.15) is 0 Å². The highest BCUT2D eigenvalue weighted by Crippen LogP contribution is 2.38. The molecule has 0 spiro atoms. The van der Waals surface area contributed by atoms with Crippen LogP contribution in [0.25, 0.3) is 0 Å². The summed E-state index contributed by atoms with van der Waals surface area (Å²) in [4.78, 5) is 30.5. The Labute approximate surface area is 195 Å². The predicted molar refractivity (Wildman–Crippen MR) is 128 cm³/mol. The first-order valence-corrected chi connectivity index (χ1v) is 11.3. The van der Waals surface area contributed by atoms with Crippen molar-refractivity contribution in [3.05, 3.63) is 108 Å². The van der Waals surface area contributed by atoms with E-state index in [1.54, 1.807) is 9.80 Å². The third-order valence-electron chi connectivity index (χ3n) is 6.51. The lowest BCUT2D eigenvalue weighted by molar-refractivity contribution is -0.146. The predicted octanol–water partition coefficient (Wildman–Crippen LogP) is 4.19. The minimum absolute atomic E-state index is 0.0135. The van der Waals surface area contributed by atoms with Crippen LogP contribution in [0.2, 0.25) is 0 Å². The van der Waals surface area contributed by atoms with Crippen molar-refractivity contribution in [2.75, 3.05) is 13.2 Å². The Morgan fingerprint density at radius 1 is 0.909 bits per heavy atom. The average Bonchev–Trinajstić information content (AvgIpc) is 3.22. The summed E-state index contributed by atoms with van der Waals surface area (Å²) in [5.74, 6) is -0.290. The number of likely N-dealkylation sites (tertiary alicyclic amines) is 1. The van der Waals surface area contributed by atoms with Crippen LogP contribution < -0.4 is 0 Å². The van der Waals surface area contributed by atoms with Gasteiger partial charge >= 0.3 is 0 Å². The van der Waals surface area contributed by atoms with Gasteiger partial charge in [0.05, 0.1) is 18.1 Å². The molecule has 0 saturated carbocycles. The quantitative estimate of drug-likeness (QED) is 0.569. The Morgan fingerprint density at radius 2 is 1.39 bits per heavy atom. The average molecular weight is 443 g/mol. The molecular weight excluding hydrogens is 412 g/mol. The van der Waals surface area contributed by atoms with Crippen LogP contribution in [0.3, 0.4) is 0 Å². The molecule has 1 aliphatic rings. The third-order valence-corrected chi connectivity index (χ3v) is 6.51. The lowest BCUT2D eigenvalue weighted by atomic mass is 9.85. The molecular formula is C28H30N2O3. The lowest BCUT2D eigenvalue weighted by Crippen LogP contribution is -2.47. The van der Waals surface area contributed by atoms with E-state index in [0.29, 0.717) is 13.1 Å². The number of carbonyl (C=O) groups is 2. The topological polar surface area (TPSA) is 60.9 Å². The summed E-state index contributed by atoms with van der Waals surface area (Å²) in [5.41, 5.74) is 1.88. The minimum atomic E-state index is -1.15. The van der Waals surface area contributed by atoms with Gasteiger partial charge in [0, 0.05) is 26.1 Å². The number of nitrogens with zero attached hydrogens (tertiary/aromatic N) is 2. The molecule has 33 heavy (non-hydrogen) atoms. The van der Waals surface area contributed by atoms with Gasteiger partial charge in [-0.3, -0.25) is 9.59 Å². The Hall–Kier alpha value is -3.44. The van der Waals surface area contributed by atoms with Crippen molar-refractivity contribution < 1.29 is 14.7 Å². The molecule has 0 bridgehead atoms. The Bertz CT molecular complexity index is 1030. The highest BCUT2D eigenvalue weighted by Gasteiger charge is 2.51. The van der Waals surface area contributed by atoms with Crippen LogP contribution in [0, 0.1) is 5.41 Å². The van der Waals surface area contributed by atoms with Crippen molar-refractivity contribution in [2.45, 2.75) is 32.5 Å². The summed E-state index contributed by atoms with van der Waals surface area (Å²) in [6, 6.07) is 29.3. The van der Waals surface area contributed by atoms with E-state index in [9.17, 15) is 14.7 Å². The van der Waals surface area contributed by atoms with Crippen LogP contribution >= 0.6 is 0 Å². The summed E-state index contributed by atoms with van der Waals surface area (Å²) in [6.45, 7) is 2.64. The van der Waals surface area contributed by atoms with Crippen LogP contribution in [0.1, 0.15) is 36.1 Å². The molecule has 3 aromatic carbocycles. The number of carbonyl (C=O) groups excluding carboxylic acids is 2. The fourth-order valence-electron chi connectivity index (χ4n) is 4.58. The van der Waals surface area contributed by atoms with E-state index in [4.69, 9.17) is 0 Å². The van der Waals surface area contributed by atoms with Gasteiger partial charge in [-0.15, -0.1) is 0 Å². The molecule has 3 aromatic rings. The molecule has 170 valence electrons. The van der Waals surface area contributed by atoms with Gasteiger partial charge in [0.2, 0.25) is 11.8 Å². The van der Waals surface area contributed by atoms with Gasteiger partial charge in [-0.2, -0.15) is 0 Å². The first-order chi connectivity index (χ1) is 16.0. The summed E-state index contributed by atoms with van der Waals surface area (Å²) >= 11 is 0. The van der Waals surface area contributed by atoms with Gasteiger partial charge in [-0.25, -0.2) is 0 Å². The second kappa shape index (κ2) is 10.0. The van der Waals surface area contributed by atoms with Crippen molar-refractivity contribution in [2.24, 2.45) is 5.41 Å². The van der Waals surface area contributed by atoms with E-state index in [1.165, 1.54) is 0 Å². The number of benzene rings is 3. The van der Waals surface area contributed by atoms with Crippen molar-refractivity contribution in [3.8, 4) is 0 Å². The van der Waals surface area contributed by atoms with Gasteiger partial charge in [0.25, 0.3) is 0 Å². The van der Waals surface area contributed by atoms with E-state index >= 15 is 0 Å². The van der Waals surface area contributed by atoms with Gasteiger partial charge in [-0.05, 0) is 23.6 Å². The van der Waals surface area contributed by atoms with E-state index < -0.39 is 5.41 Å². The molecule has 2 amide bonds. The molecule has 0 radical (unpaired) electrons. The maximum atomic E-state index is 13.9. The standard InChI is InChI=1S/C28H30N2O3/c1-22(25-15-9-4-10-16-25)30-20-28(21-31,17-26(30)32)27(33)29(18-23-11-5-2-6-12-23)19-24-13-7-3-8-14-24/h2-16,22,31H,17-21H2,1H3/t22-,28?/m0/s1. The van der Waals surface area contributed by atoms with Crippen LogP contribution in [0.4, 0.5) is 0 Å². The fraction of sp³-hybridized carbons (Fsp3) is 0.286. The first-order valence-electron chi connectivity index (χ1n) is 11.3. The van der Waals surface area contributed by atoms with Gasteiger partial charge in [-0.1, -0.05) is 91.0 Å². The van der Waals surface area contributed by atoms with Crippen LogP contribution in [-0.4, -0.2) is 39.9 Å². The van der Waals surface area contributed by atoms with Crippen molar-refractivity contribution in [1.82, 2.24) is 9.80 Å². The molecule has 5 heteroatoms. The number of aliphatic hydroxyl groups excluding tert-OH is 1. The summed E-state index contributed by atoms with van der Waals surface area (Å²) < 4.78 is 0. The minimum Gasteiger partial charge on any atom is -0.395 e. The molecule has 1 unspecified atom stereocenters. The Kier molecular flexibility index (Phi) is 6.90. The number of rotatable bonds is 8. The lowest BCUT2D eigenvalue weighted by Gasteiger charge is -2.34. The Morgan fingerprint density at radius 3 is 1.88 bits per heavy atom. The highest BCUT2D eigenvalue weighted by atomic mass is 16.3. The highest BCUT2D eigenvalue weighted by molar-refractivity contribution is 5.93. The molecule has 1 aliphatic heterocycles. The van der Waals surface area contributed by atoms with Crippen molar-refractivity contribution in [3.63, 3.8) is 0 Å². The van der Waals surface area contributed by atoms with Crippen molar-refractivity contribution >= 4 is 11.8 Å². The maximum Gasteiger partial charge on any atom is 0.234 e. The largest absolute Gasteiger partial charge is 0.395 e. The number of hydrogen-bond donors (Lipinski definition) is 1. The Balaban J connectivity index is 1.61. The molecule has 1 N–H and O–H groups in total. The molecule has 4 rings (SSSR count). The molecule has 0 aliphatic carbocycles. The zero-order valence-electron chi connectivity index (χ0n) is 18.9. The maximum absolute atomic E-state index is 13.9. The normalized spacial score (nSPS) is 18.8. The number of amides is 2. The molecule has 5 nitrogen and oxygen atoms in total. The second-order valence-electron chi connectivity index (χ2n) is 8.86. The third kappa shape index (κ3) is 4.99. The van der Waals surface area contributed by atoms with Crippen molar-refractivity contribution in [1.29, 1.82) is 0 Å². The fourth-order valence-corrected chi connectivity index (χ4v) is 4.58. The van der Waals surface area contributed by atoms with E-state index in [1.807, 2.05) is 97.9 Å². The molecule has 1 saturated heterocycles. The SMILES string of the molecule is C[C@@H](c1ccccc1)N1CC(CO)(C(=O)N(Cc2ccccc2)Cc2ccccc2)CC1=O. The van der Waals surface area contributed by atoms with Gasteiger partial charge in [0.15, 0.2) is 0 Å². The van der Waals surface area contributed by atoms with Crippen LogP contribution in [0.5, 0.6) is 0 Å². The second-order valence-corrected chi connectivity index (χ2v) is 8.86. The molecule has 2 atom stereocenters. The first kappa shape index (κ1) is 22.7. The number of hydrogen-bond acceptors (Lipinski definition) is 3. The van der Waals surface area contributed by atoms with E-state index in [0.717, 1.165) is 16.7 Å². The van der Waals surface area contributed by atoms with Crippen LogP contribution in [0.15, 0.2) is 91.0 Å². The molecule has 1 fully saturated rings. The zero-order valence-corrected chi connectivity index (χ0v) is 18.9. The van der Waals surface area contributed by atoms with E-state index in [-0.39, 0.29) is 37.4 Å². The molecule has 1 heterocycles. The summed E-state index contributed by atoms with van der Waals surface area (Å²) in [6.07, 6.45) is 0.0135. The monoisotopic (exact) mass is 442 g/mol. The zero-order chi connectivity index (χ0) is 23.3. The number of aliphatic hydroxyl groups is 1. The summed E-state index contributed by atoms with van der Waals surface area (Å²) in [7, 11) is 0. The smallest absolute Gasteiger partial charge is 0.234 e. The summed E-state index contributed by atoms with van der Waals surface area (Å²) in [5, 5.41) is 10.4.